The van der Waals surface area contributed by atoms with Gasteiger partial charge in [-0.3, -0.25) is 14.6 Å². The number of aromatic hydroxyl groups is 1. The number of hydrogen-bond donors (Lipinski definition) is 2. The lowest BCUT2D eigenvalue weighted by Gasteiger charge is -2.01. The summed E-state index contributed by atoms with van der Waals surface area (Å²) in [7, 11) is 0. The molecule has 8 nitrogen and oxygen atoms in total. The van der Waals surface area contributed by atoms with Crippen molar-refractivity contribution in [2.45, 2.75) is 13.5 Å². The first kappa shape index (κ1) is 16.7. The van der Waals surface area contributed by atoms with Crippen molar-refractivity contribution >= 4 is 23.0 Å². The van der Waals surface area contributed by atoms with Gasteiger partial charge in [0, 0.05) is 0 Å². The Labute approximate surface area is 144 Å². The van der Waals surface area contributed by atoms with Crippen molar-refractivity contribution in [3.63, 3.8) is 0 Å². The Balaban J connectivity index is 1.86. The zero-order chi connectivity index (χ0) is 18.0. The van der Waals surface area contributed by atoms with Gasteiger partial charge >= 0.3 is 4.87 Å². The van der Waals surface area contributed by atoms with Crippen LogP contribution in [0.4, 0.5) is 10.3 Å². The molecule has 2 N–H and O–H groups in total. The van der Waals surface area contributed by atoms with Gasteiger partial charge in [-0.05, 0) is 36.0 Å². The van der Waals surface area contributed by atoms with Gasteiger partial charge in [-0.25, -0.2) is 14.1 Å². The smallest absolute Gasteiger partial charge is 0.310 e. The number of aromatic nitrogens is 4. The summed E-state index contributed by atoms with van der Waals surface area (Å²) in [6, 6.07) is 6.09. The van der Waals surface area contributed by atoms with Crippen LogP contribution in [0.1, 0.15) is 18.1 Å². The van der Waals surface area contributed by atoms with E-state index >= 15 is 0 Å². The topological polar surface area (TPSA) is 113 Å². The fourth-order valence-corrected chi connectivity index (χ4v) is 2.84. The second-order valence-corrected chi connectivity index (χ2v) is 6.05. The van der Waals surface area contributed by atoms with Crippen LogP contribution in [0.2, 0.25) is 0 Å². The third-order valence-corrected chi connectivity index (χ3v) is 3.92. The molecule has 0 spiro atoms. The Kier molecular flexibility index (Phi) is 4.52. The van der Waals surface area contributed by atoms with Crippen molar-refractivity contribution in [3.8, 4) is 5.06 Å². The Bertz CT molecular complexity index is 1070. The Hall–Kier alpha value is -3.14. The molecule has 0 aliphatic rings. The SMILES string of the molecule is CC(=Nc1ncn(Cc2cccc(F)c2)n1)c1c(O)sc(=O)[nH]c1=O. The third kappa shape index (κ3) is 3.86. The van der Waals surface area contributed by atoms with Gasteiger partial charge in [0.2, 0.25) is 0 Å². The van der Waals surface area contributed by atoms with Gasteiger partial charge in [0.05, 0.1) is 12.3 Å². The van der Waals surface area contributed by atoms with E-state index in [0.29, 0.717) is 23.4 Å². The molecule has 0 saturated heterocycles. The largest absolute Gasteiger partial charge is 0.499 e. The fourth-order valence-electron chi connectivity index (χ4n) is 2.18. The normalized spacial score (nSPS) is 11.7. The van der Waals surface area contributed by atoms with Crippen LogP contribution in [0.15, 0.2) is 45.2 Å². The molecule has 0 saturated carbocycles. The van der Waals surface area contributed by atoms with E-state index in [-0.39, 0.29) is 23.0 Å². The lowest BCUT2D eigenvalue weighted by molar-refractivity contribution is 0.487. The number of nitrogens with zero attached hydrogens (tertiary/aromatic N) is 4. The first-order valence-electron chi connectivity index (χ1n) is 7.08. The van der Waals surface area contributed by atoms with Crippen LogP contribution in [0, 0.1) is 5.82 Å². The number of benzene rings is 1. The van der Waals surface area contributed by atoms with Crippen LogP contribution in [0.5, 0.6) is 5.06 Å². The van der Waals surface area contributed by atoms with E-state index in [9.17, 15) is 19.1 Å². The molecule has 3 aromatic rings. The van der Waals surface area contributed by atoms with Crippen LogP contribution in [-0.4, -0.2) is 30.6 Å². The van der Waals surface area contributed by atoms with E-state index in [1.807, 2.05) is 0 Å². The summed E-state index contributed by atoms with van der Waals surface area (Å²) < 4.78 is 14.7. The summed E-state index contributed by atoms with van der Waals surface area (Å²) in [5, 5.41) is 13.5. The molecule has 128 valence electrons. The second kappa shape index (κ2) is 6.77. The highest BCUT2D eigenvalue weighted by Gasteiger charge is 2.13. The zero-order valence-corrected chi connectivity index (χ0v) is 13.7. The van der Waals surface area contributed by atoms with E-state index < -0.39 is 15.5 Å². The lowest BCUT2D eigenvalue weighted by atomic mass is 10.2. The Morgan fingerprint density at radius 2 is 2.24 bits per heavy atom. The van der Waals surface area contributed by atoms with Gasteiger partial charge in [-0.15, -0.1) is 5.10 Å². The van der Waals surface area contributed by atoms with Gasteiger partial charge in [0.1, 0.15) is 17.7 Å². The standard InChI is InChI=1S/C15H12FN5O3S/c1-8(11-12(22)19-15(24)25-13(11)23)18-14-17-7-21(20-14)6-9-3-2-4-10(16)5-9/h2-5,7,23H,6H2,1H3,(H,19,22,24). The molecule has 0 atom stereocenters. The number of H-pyrrole nitrogens is 1. The highest BCUT2D eigenvalue weighted by Crippen LogP contribution is 2.17. The molecule has 10 heteroatoms. The molecule has 0 radical (unpaired) electrons. The van der Waals surface area contributed by atoms with Crippen molar-refractivity contribution < 1.29 is 9.50 Å². The van der Waals surface area contributed by atoms with E-state index in [2.05, 4.69) is 20.1 Å². The average molecular weight is 361 g/mol. The molecular formula is C15H12FN5O3S. The molecule has 2 heterocycles. The Morgan fingerprint density at radius 1 is 1.44 bits per heavy atom. The molecule has 0 fully saturated rings. The minimum absolute atomic E-state index is 0.0731. The van der Waals surface area contributed by atoms with Crippen molar-refractivity contribution in [1.29, 1.82) is 0 Å². The molecule has 0 unspecified atom stereocenters. The summed E-state index contributed by atoms with van der Waals surface area (Å²) in [5.74, 6) is -0.270. The van der Waals surface area contributed by atoms with Crippen LogP contribution < -0.4 is 10.4 Å². The summed E-state index contributed by atoms with van der Waals surface area (Å²) >= 11 is 0.502. The highest BCUT2D eigenvalue weighted by atomic mass is 32.1. The maximum absolute atomic E-state index is 13.2. The maximum atomic E-state index is 13.2. The lowest BCUT2D eigenvalue weighted by Crippen LogP contribution is -2.22. The van der Waals surface area contributed by atoms with Crippen molar-refractivity contribution in [1.82, 2.24) is 19.7 Å². The zero-order valence-electron chi connectivity index (χ0n) is 12.9. The first-order valence-corrected chi connectivity index (χ1v) is 7.90. The molecule has 3 rings (SSSR count). The quantitative estimate of drug-likeness (QED) is 0.683. The number of hydrogen-bond acceptors (Lipinski definition) is 7. The van der Waals surface area contributed by atoms with Gasteiger partial charge in [0.15, 0.2) is 5.06 Å². The molecule has 0 aliphatic heterocycles. The number of aromatic amines is 1. The van der Waals surface area contributed by atoms with E-state index in [0.717, 1.165) is 0 Å². The monoisotopic (exact) mass is 361 g/mol. The number of aliphatic imine (C=N–C) groups is 1. The van der Waals surface area contributed by atoms with E-state index in [1.165, 1.54) is 30.1 Å². The van der Waals surface area contributed by atoms with Crippen LogP contribution >= 0.6 is 11.3 Å². The van der Waals surface area contributed by atoms with Crippen molar-refractivity contribution in [2.24, 2.45) is 4.99 Å². The molecule has 1 aromatic carbocycles. The van der Waals surface area contributed by atoms with E-state index in [4.69, 9.17) is 0 Å². The summed E-state index contributed by atoms with van der Waals surface area (Å²) in [5.41, 5.74) is 0.0327. The van der Waals surface area contributed by atoms with Gasteiger partial charge < -0.3 is 5.11 Å². The molecule has 0 bridgehead atoms. The second-order valence-electron chi connectivity index (χ2n) is 5.09. The molecule has 0 amide bonds. The minimum Gasteiger partial charge on any atom is -0.499 e. The molecular weight excluding hydrogens is 349 g/mol. The average Bonchev–Trinajstić information content (AvgIpc) is 2.93. The fraction of sp³-hybridized carbons (Fsp3) is 0.133. The van der Waals surface area contributed by atoms with Gasteiger partial charge in [-0.2, -0.15) is 4.98 Å². The van der Waals surface area contributed by atoms with Gasteiger partial charge in [-0.1, -0.05) is 12.1 Å². The predicted octanol–water partition coefficient (Wildman–Crippen LogP) is 1.42. The predicted molar refractivity (Wildman–Crippen MR) is 90.3 cm³/mol. The molecule has 25 heavy (non-hydrogen) atoms. The third-order valence-electron chi connectivity index (χ3n) is 3.23. The molecule has 2 aromatic heterocycles. The summed E-state index contributed by atoms with van der Waals surface area (Å²) in [6.07, 6.45) is 1.42. The van der Waals surface area contributed by atoms with Crippen molar-refractivity contribution in [2.75, 3.05) is 0 Å². The number of nitrogens with one attached hydrogen (secondary N) is 1. The maximum Gasteiger partial charge on any atom is 0.310 e. The van der Waals surface area contributed by atoms with Crippen LogP contribution in [-0.2, 0) is 6.54 Å². The summed E-state index contributed by atoms with van der Waals surface area (Å²) in [4.78, 5) is 32.5. The molecule has 0 aliphatic carbocycles. The van der Waals surface area contributed by atoms with Crippen molar-refractivity contribution in [3.05, 3.63) is 67.6 Å². The number of rotatable bonds is 4. The van der Waals surface area contributed by atoms with Gasteiger partial charge in [0.25, 0.3) is 11.5 Å². The van der Waals surface area contributed by atoms with E-state index in [1.54, 1.807) is 12.1 Å². The minimum atomic E-state index is -0.735. The van der Waals surface area contributed by atoms with Crippen LogP contribution in [0.3, 0.4) is 0 Å². The summed E-state index contributed by atoms with van der Waals surface area (Å²) in [6.45, 7) is 1.80. The van der Waals surface area contributed by atoms with Crippen LogP contribution in [0.25, 0.3) is 0 Å². The Morgan fingerprint density at radius 3 is 2.96 bits per heavy atom. The first-order chi connectivity index (χ1) is 11.9. The number of halogens is 1. The highest BCUT2D eigenvalue weighted by molar-refractivity contribution is 7.11.